The first-order valence-corrected chi connectivity index (χ1v) is 10.5. The number of carbonyl (C=O) groups is 1. The standard InChI is InChI=1S/C22H15Cl2N3OS/c23-17-8-5-14(6-9-17)13-29-22-25-12-19(24)20(27-22)21(28)26-18-10-7-15-3-1-2-4-16(15)11-18/h1-12H,13H2,(H,26,28). The van der Waals surface area contributed by atoms with Crippen molar-refractivity contribution in [3.63, 3.8) is 0 Å². The summed E-state index contributed by atoms with van der Waals surface area (Å²) >= 11 is 13.5. The van der Waals surface area contributed by atoms with Crippen LogP contribution in [-0.2, 0) is 5.75 Å². The Morgan fingerprint density at radius 3 is 2.52 bits per heavy atom. The summed E-state index contributed by atoms with van der Waals surface area (Å²) in [5, 5.41) is 6.38. The molecule has 0 aliphatic heterocycles. The molecule has 1 aromatic heterocycles. The van der Waals surface area contributed by atoms with Crippen LogP contribution in [0.25, 0.3) is 10.8 Å². The average molecular weight is 440 g/mol. The molecule has 0 aliphatic rings. The molecule has 1 heterocycles. The van der Waals surface area contributed by atoms with E-state index in [4.69, 9.17) is 23.2 Å². The van der Waals surface area contributed by atoms with Crippen LogP contribution in [0.2, 0.25) is 10.0 Å². The second-order valence-corrected chi connectivity index (χ2v) is 8.07. The molecule has 0 fully saturated rings. The predicted octanol–water partition coefficient (Wildman–Crippen LogP) is 6.48. The maximum Gasteiger partial charge on any atom is 0.275 e. The molecule has 0 saturated carbocycles. The molecule has 0 aliphatic carbocycles. The van der Waals surface area contributed by atoms with Crippen molar-refractivity contribution >= 4 is 57.3 Å². The third kappa shape index (κ3) is 4.88. The third-order valence-corrected chi connectivity index (χ3v) is 5.69. The van der Waals surface area contributed by atoms with Gasteiger partial charge in [0.2, 0.25) is 0 Å². The molecule has 1 N–H and O–H groups in total. The van der Waals surface area contributed by atoms with Gasteiger partial charge in [0.25, 0.3) is 5.91 Å². The molecular formula is C22H15Cl2N3OS. The minimum atomic E-state index is -0.374. The Kier molecular flexibility index (Phi) is 6.00. The number of amides is 1. The topological polar surface area (TPSA) is 54.9 Å². The van der Waals surface area contributed by atoms with Gasteiger partial charge in [0.1, 0.15) is 0 Å². The van der Waals surface area contributed by atoms with E-state index in [9.17, 15) is 4.79 Å². The van der Waals surface area contributed by atoms with Crippen LogP contribution in [0.5, 0.6) is 0 Å². The minimum Gasteiger partial charge on any atom is -0.321 e. The Hall–Kier alpha value is -2.60. The van der Waals surface area contributed by atoms with Crippen LogP contribution in [0.4, 0.5) is 5.69 Å². The number of nitrogens with zero attached hydrogens (tertiary/aromatic N) is 2. The lowest BCUT2D eigenvalue weighted by Crippen LogP contribution is -2.15. The highest BCUT2D eigenvalue weighted by Gasteiger charge is 2.15. The Bertz CT molecular complexity index is 1180. The first-order chi connectivity index (χ1) is 14.1. The highest BCUT2D eigenvalue weighted by Crippen LogP contribution is 2.24. The second kappa shape index (κ2) is 8.82. The van der Waals surface area contributed by atoms with Crippen molar-refractivity contribution in [3.05, 3.63) is 94.2 Å². The fourth-order valence-electron chi connectivity index (χ4n) is 2.77. The van der Waals surface area contributed by atoms with Crippen LogP contribution in [0.3, 0.4) is 0 Å². The molecule has 0 bridgehead atoms. The van der Waals surface area contributed by atoms with E-state index in [1.165, 1.54) is 18.0 Å². The largest absolute Gasteiger partial charge is 0.321 e. The molecular weight excluding hydrogens is 425 g/mol. The van der Waals surface area contributed by atoms with Crippen molar-refractivity contribution in [2.24, 2.45) is 0 Å². The van der Waals surface area contributed by atoms with Crippen molar-refractivity contribution in [1.29, 1.82) is 0 Å². The van der Waals surface area contributed by atoms with Crippen LogP contribution in [0.15, 0.2) is 78.1 Å². The van der Waals surface area contributed by atoms with Gasteiger partial charge >= 0.3 is 0 Å². The number of aromatic nitrogens is 2. The van der Waals surface area contributed by atoms with Gasteiger partial charge < -0.3 is 5.32 Å². The zero-order valence-corrected chi connectivity index (χ0v) is 17.4. The fraction of sp³-hybridized carbons (Fsp3) is 0.0455. The molecule has 0 unspecified atom stereocenters. The molecule has 0 spiro atoms. The van der Waals surface area contributed by atoms with Gasteiger partial charge in [-0.25, -0.2) is 9.97 Å². The average Bonchev–Trinajstić information content (AvgIpc) is 2.74. The fourth-order valence-corrected chi connectivity index (χ4v) is 3.84. The molecule has 3 aromatic carbocycles. The summed E-state index contributed by atoms with van der Waals surface area (Å²) in [6.07, 6.45) is 1.45. The van der Waals surface area contributed by atoms with Crippen molar-refractivity contribution in [2.75, 3.05) is 5.32 Å². The van der Waals surface area contributed by atoms with Gasteiger partial charge in [-0.2, -0.15) is 0 Å². The summed E-state index contributed by atoms with van der Waals surface area (Å²) in [5.74, 6) is 0.283. The number of hydrogen-bond acceptors (Lipinski definition) is 4. The monoisotopic (exact) mass is 439 g/mol. The molecule has 1 amide bonds. The summed E-state index contributed by atoms with van der Waals surface area (Å²) in [6, 6.07) is 21.2. The SMILES string of the molecule is O=C(Nc1ccc2ccccc2c1)c1nc(SCc2ccc(Cl)cc2)ncc1Cl. The number of fused-ring (bicyclic) bond motifs is 1. The molecule has 0 radical (unpaired) electrons. The van der Waals surface area contributed by atoms with Crippen molar-refractivity contribution in [3.8, 4) is 0 Å². The molecule has 4 aromatic rings. The van der Waals surface area contributed by atoms with Gasteiger partial charge in [-0.05, 0) is 40.6 Å². The summed E-state index contributed by atoms with van der Waals surface area (Å²) in [4.78, 5) is 21.3. The molecule has 0 atom stereocenters. The summed E-state index contributed by atoms with van der Waals surface area (Å²) in [5.41, 5.74) is 1.91. The highest BCUT2D eigenvalue weighted by atomic mass is 35.5. The van der Waals surface area contributed by atoms with E-state index in [1.54, 1.807) is 0 Å². The number of nitrogens with one attached hydrogen (secondary N) is 1. The van der Waals surface area contributed by atoms with Crippen LogP contribution in [-0.4, -0.2) is 15.9 Å². The quantitative estimate of drug-likeness (QED) is 0.285. The molecule has 144 valence electrons. The summed E-state index contributed by atoms with van der Waals surface area (Å²) < 4.78 is 0. The van der Waals surface area contributed by atoms with Gasteiger partial charge in [0, 0.05) is 16.5 Å². The van der Waals surface area contributed by atoms with Gasteiger partial charge in [0.15, 0.2) is 10.9 Å². The number of anilines is 1. The number of carbonyl (C=O) groups excluding carboxylic acids is 1. The van der Waals surface area contributed by atoms with Crippen molar-refractivity contribution < 1.29 is 4.79 Å². The zero-order valence-electron chi connectivity index (χ0n) is 15.1. The van der Waals surface area contributed by atoms with E-state index >= 15 is 0 Å². The maximum atomic E-state index is 12.7. The molecule has 29 heavy (non-hydrogen) atoms. The van der Waals surface area contributed by atoms with E-state index in [0.717, 1.165) is 16.3 Å². The molecule has 4 nitrogen and oxygen atoms in total. The van der Waals surface area contributed by atoms with Gasteiger partial charge in [-0.15, -0.1) is 0 Å². The number of halogens is 2. The molecule has 4 rings (SSSR count). The van der Waals surface area contributed by atoms with Crippen LogP contribution >= 0.6 is 35.0 Å². The highest BCUT2D eigenvalue weighted by molar-refractivity contribution is 7.98. The van der Waals surface area contributed by atoms with Crippen LogP contribution < -0.4 is 5.32 Å². The lowest BCUT2D eigenvalue weighted by atomic mass is 10.1. The second-order valence-electron chi connectivity index (χ2n) is 6.28. The Morgan fingerprint density at radius 2 is 1.72 bits per heavy atom. The summed E-state index contributed by atoms with van der Waals surface area (Å²) in [7, 11) is 0. The summed E-state index contributed by atoms with van der Waals surface area (Å²) in [6.45, 7) is 0. The van der Waals surface area contributed by atoms with E-state index < -0.39 is 0 Å². The van der Waals surface area contributed by atoms with E-state index in [2.05, 4.69) is 15.3 Å². The maximum absolute atomic E-state index is 12.7. The molecule has 7 heteroatoms. The number of hydrogen-bond donors (Lipinski definition) is 1. The number of thioether (sulfide) groups is 1. The van der Waals surface area contributed by atoms with Crippen LogP contribution in [0, 0.1) is 0 Å². The van der Waals surface area contributed by atoms with E-state index in [-0.39, 0.29) is 16.6 Å². The Labute approximate surface area is 182 Å². The zero-order chi connectivity index (χ0) is 20.2. The third-order valence-electron chi connectivity index (χ3n) is 4.23. The minimum absolute atomic E-state index is 0.147. The van der Waals surface area contributed by atoms with Crippen molar-refractivity contribution in [2.45, 2.75) is 10.9 Å². The molecule has 0 saturated heterocycles. The van der Waals surface area contributed by atoms with Crippen molar-refractivity contribution in [1.82, 2.24) is 9.97 Å². The van der Waals surface area contributed by atoms with E-state index in [1.807, 2.05) is 66.7 Å². The lowest BCUT2D eigenvalue weighted by Gasteiger charge is -2.08. The first kappa shape index (κ1) is 19.7. The first-order valence-electron chi connectivity index (χ1n) is 8.78. The normalized spacial score (nSPS) is 10.8. The van der Waals surface area contributed by atoms with Gasteiger partial charge in [-0.1, -0.05) is 77.4 Å². The Balaban J connectivity index is 1.49. The van der Waals surface area contributed by atoms with E-state index in [0.29, 0.717) is 21.6 Å². The predicted molar refractivity (Wildman–Crippen MR) is 120 cm³/mol. The smallest absolute Gasteiger partial charge is 0.275 e. The Morgan fingerprint density at radius 1 is 0.966 bits per heavy atom. The van der Waals surface area contributed by atoms with Gasteiger partial charge in [0.05, 0.1) is 11.2 Å². The number of rotatable bonds is 5. The lowest BCUT2D eigenvalue weighted by molar-refractivity contribution is 0.102. The van der Waals surface area contributed by atoms with Crippen LogP contribution in [0.1, 0.15) is 16.1 Å². The van der Waals surface area contributed by atoms with Gasteiger partial charge in [-0.3, -0.25) is 4.79 Å². The number of benzene rings is 3.